The number of carbonyl (C=O) groups excluding carboxylic acids is 1. The van der Waals surface area contributed by atoms with Crippen molar-refractivity contribution < 1.29 is 9.18 Å². The first-order valence-corrected chi connectivity index (χ1v) is 8.71. The van der Waals surface area contributed by atoms with Crippen LogP contribution in [0.15, 0.2) is 83.9 Å². The summed E-state index contributed by atoms with van der Waals surface area (Å²) in [5.41, 5.74) is 1.10. The van der Waals surface area contributed by atoms with E-state index in [-0.39, 0.29) is 17.8 Å². The van der Waals surface area contributed by atoms with Crippen LogP contribution in [0.2, 0.25) is 0 Å². The Kier molecular flexibility index (Phi) is 4.68. The van der Waals surface area contributed by atoms with E-state index in [9.17, 15) is 14.0 Å². The van der Waals surface area contributed by atoms with Crippen molar-refractivity contribution in [3.05, 3.63) is 107 Å². The predicted molar refractivity (Wildman–Crippen MR) is 105 cm³/mol. The maximum Gasteiger partial charge on any atom is 0.268 e. The van der Waals surface area contributed by atoms with E-state index in [0.29, 0.717) is 16.5 Å². The maximum atomic E-state index is 13.4. The van der Waals surface area contributed by atoms with E-state index in [1.54, 1.807) is 48.8 Å². The Labute approximate surface area is 160 Å². The third kappa shape index (κ3) is 3.40. The van der Waals surface area contributed by atoms with Crippen molar-refractivity contribution in [1.29, 1.82) is 0 Å². The molecule has 0 spiro atoms. The first-order valence-electron chi connectivity index (χ1n) is 8.71. The number of hydrogen-bond acceptors (Lipinski definition) is 3. The van der Waals surface area contributed by atoms with Crippen LogP contribution in [-0.4, -0.2) is 15.5 Å². The molecule has 0 aliphatic carbocycles. The van der Waals surface area contributed by atoms with E-state index in [1.807, 2.05) is 6.07 Å². The van der Waals surface area contributed by atoms with Gasteiger partial charge in [0.05, 0.1) is 0 Å². The van der Waals surface area contributed by atoms with Crippen molar-refractivity contribution in [3.8, 4) is 5.69 Å². The summed E-state index contributed by atoms with van der Waals surface area (Å²) in [7, 11) is 0. The maximum absolute atomic E-state index is 13.4. The van der Waals surface area contributed by atoms with Gasteiger partial charge in [0, 0.05) is 30.0 Å². The molecule has 28 heavy (non-hydrogen) atoms. The molecule has 2 aromatic heterocycles. The number of hydrogen-bond donors (Lipinski definition) is 1. The Morgan fingerprint density at radius 2 is 1.82 bits per heavy atom. The quantitative estimate of drug-likeness (QED) is 0.596. The zero-order valence-electron chi connectivity index (χ0n) is 14.8. The topological polar surface area (TPSA) is 64.0 Å². The molecule has 0 aliphatic rings. The number of nitrogens with zero attached hydrogens (tertiary/aromatic N) is 2. The Hall–Kier alpha value is -3.80. The van der Waals surface area contributed by atoms with Crippen molar-refractivity contribution in [2.75, 3.05) is 0 Å². The molecule has 4 aromatic rings. The molecular formula is C22H16FN3O2. The lowest BCUT2D eigenvalue weighted by atomic mass is 10.1. The second-order valence-corrected chi connectivity index (χ2v) is 6.28. The molecule has 0 fully saturated rings. The Balaban J connectivity index is 1.81. The molecule has 2 aromatic carbocycles. The fourth-order valence-corrected chi connectivity index (χ4v) is 3.05. The van der Waals surface area contributed by atoms with Crippen LogP contribution in [-0.2, 0) is 6.54 Å². The SMILES string of the molecule is O=C(NCc1cccnc1)c1cc2ccccc2c(=O)n1-c1ccc(F)cc1. The van der Waals surface area contributed by atoms with Crippen LogP contribution in [0.5, 0.6) is 0 Å². The second-order valence-electron chi connectivity index (χ2n) is 6.28. The van der Waals surface area contributed by atoms with Crippen LogP contribution in [0.3, 0.4) is 0 Å². The van der Waals surface area contributed by atoms with Crippen LogP contribution >= 0.6 is 0 Å². The van der Waals surface area contributed by atoms with Crippen molar-refractivity contribution in [2.45, 2.75) is 6.54 Å². The minimum atomic E-state index is -0.417. The molecule has 0 saturated heterocycles. The second kappa shape index (κ2) is 7.44. The van der Waals surface area contributed by atoms with Crippen molar-refractivity contribution in [1.82, 2.24) is 14.9 Å². The summed E-state index contributed by atoms with van der Waals surface area (Å²) in [6.45, 7) is 0.275. The van der Waals surface area contributed by atoms with Gasteiger partial charge in [0.1, 0.15) is 11.5 Å². The largest absolute Gasteiger partial charge is 0.347 e. The first kappa shape index (κ1) is 17.6. The molecule has 138 valence electrons. The number of nitrogens with one attached hydrogen (secondary N) is 1. The van der Waals surface area contributed by atoms with Gasteiger partial charge < -0.3 is 5.32 Å². The van der Waals surface area contributed by atoms with Crippen LogP contribution in [0.4, 0.5) is 4.39 Å². The minimum absolute atomic E-state index is 0.180. The highest BCUT2D eigenvalue weighted by Crippen LogP contribution is 2.17. The van der Waals surface area contributed by atoms with Gasteiger partial charge in [0.15, 0.2) is 0 Å². The number of benzene rings is 2. The number of rotatable bonds is 4. The lowest BCUT2D eigenvalue weighted by Crippen LogP contribution is -2.31. The number of carbonyl (C=O) groups is 1. The summed E-state index contributed by atoms with van der Waals surface area (Å²) in [5.74, 6) is -0.823. The van der Waals surface area contributed by atoms with Gasteiger partial charge in [0.25, 0.3) is 11.5 Å². The smallest absolute Gasteiger partial charge is 0.268 e. The number of halogens is 1. The van der Waals surface area contributed by atoms with Gasteiger partial charge in [-0.2, -0.15) is 0 Å². The van der Waals surface area contributed by atoms with Gasteiger partial charge in [-0.3, -0.25) is 19.1 Å². The molecule has 0 unspecified atom stereocenters. The molecule has 0 bridgehead atoms. The average molecular weight is 373 g/mol. The minimum Gasteiger partial charge on any atom is -0.347 e. The molecular weight excluding hydrogens is 357 g/mol. The molecule has 0 saturated carbocycles. The summed E-state index contributed by atoms with van der Waals surface area (Å²) < 4.78 is 14.7. The fraction of sp³-hybridized carbons (Fsp3) is 0.0455. The van der Waals surface area contributed by atoms with Crippen LogP contribution in [0.25, 0.3) is 16.5 Å². The molecule has 0 atom stereocenters. The Bertz CT molecular complexity index is 1200. The number of amides is 1. The van der Waals surface area contributed by atoms with Gasteiger partial charge in [-0.05, 0) is 53.4 Å². The molecule has 4 rings (SSSR count). The highest BCUT2D eigenvalue weighted by atomic mass is 19.1. The standard InChI is InChI=1S/C22H16FN3O2/c23-17-7-9-18(10-8-17)26-20(12-16-5-1-2-6-19(16)22(26)28)21(27)25-14-15-4-3-11-24-13-15/h1-13H,14H2,(H,25,27). The van der Waals surface area contributed by atoms with Gasteiger partial charge in [-0.1, -0.05) is 24.3 Å². The van der Waals surface area contributed by atoms with E-state index < -0.39 is 11.7 Å². The number of aromatic nitrogens is 2. The summed E-state index contributed by atoms with van der Waals surface area (Å²) in [6.07, 6.45) is 3.31. The molecule has 2 heterocycles. The van der Waals surface area contributed by atoms with Crippen molar-refractivity contribution >= 4 is 16.7 Å². The van der Waals surface area contributed by atoms with E-state index >= 15 is 0 Å². The van der Waals surface area contributed by atoms with Gasteiger partial charge >= 0.3 is 0 Å². The lowest BCUT2D eigenvalue weighted by molar-refractivity contribution is 0.0943. The molecule has 1 amide bonds. The van der Waals surface area contributed by atoms with Crippen LogP contribution in [0.1, 0.15) is 16.1 Å². The summed E-state index contributed by atoms with van der Waals surface area (Å²) in [6, 6.07) is 17.8. The average Bonchev–Trinajstić information content (AvgIpc) is 2.73. The Morgan fingerprint density at radius 3 is 2.57 bits per heavy atom. The Morgan fingerprint density at radius 1 is 1.04 bits per heavy atom. The van der Waals surface area contributed by atoms with Gasteiger partial charge in [-0.15, -0.1) is 0 Å². The molecule has 6 heteroatoms. The van der Waals surface area contributed by atoms with Gasteiger partial charge in [-0.25, -0.2) is 4.39 Å². The third-order valence-corrected chi connectivity index (χ3v) is 4.42. The van der Waals surface area contributed by atoms with Crippen molar-refractivity contribution in [2.24, 2.45) is 0 Å². The van der Waals surface area contributed by atoms with Gasteiger partial charge in [0.2, 0.25) is 0 Å². The van der Waals surface area contributed by atoms with E-state index in [0.717, 1.165) is 5.56 Å². The normalized spacial score (nSPS) is 10.8. The third-order valence-electron chi connectivity index (χ3n) is 4.42. The van der Waals surface area contributed by atoms with E-state index in [1.165, 1.54) is 28.8 Å². The highest BCUT2D eigenvalue weighted by Gasteiger charge is 2.17. The highest BCUT2D eigenvalue weighted by molar-refractivity contribution is 5.97. The van der Waals surface area contributed by atoms with E-state index in [4.69, 9.17) is 0 Å². The summed E-state index contributed by atoms with van der Waals surface area (Å²) in [5, 5.41) is 3.96. The van der Waals surface area contributed by atoms with Crippen molar-refractivity contribution in [3.63, 3.8) is 0 Å². The summed E-state index contributed by atoms with van der Waals surface area (Å²) in [4.78, 5) is 30.0. The first-order chi connectivity index (χ1) is 13.6. The summed E-state index contributed by atoms with van der Waals surface area (Å²) >= 11 is 0. The lowest BCUT2D eigenvalue weighted by Gasteiger charge is -2.15. The molecule has 1 N–H and O–H groups in total. The fourth-order valence-electron chi connectivity index (χ4n) is 3.05. The van der Waals surface area contributed by atoms with Crippen LogP contribution in [0, 0.1) is 5.82 Å². The molecule has 5 nitrogen and oxygen atoms in total. The predicted octanol–water partition coefficient (Wildman–Crippen LogP) is 3.45. The zero-order chi connectivity index (χ0) is 19.5. The molecule has 0 radical (unpaired) electrons. The number of fused-ring (bicyclic) bond motifs is 1. The monoisotopic (exact) mass is 373 g/mol. The van der Waals surface area contributed by atoms with Crippen LogP contribution < -0.4 is 10.9 Å². The molecule has 0 aliphatic heterocycles. The number of pyridine rings is 2. The zero-order valence-corrected chi connectivity index (χ0v) is 14.8. The van der Waals surface area contributed by atoms with E-state index in [2.05, 4.69) is 10.3 Å².